The molecule has 0 bridgehead atoms. The van der Waals surface area contributed by atoms with Crippen LogP contribution in [-0.4, -0.2) is 34.9 Å². The van der Waals surface area contributed by atoms with E-state index in [0.29, 0.717) is 0 Å². The molecular formula is C12H21NO3. The van der Waals surface area contributed by atoms with E-state index in [0.717, 1.165) is 32.3 Å². The van der Waals surface area contributed by atoms with Crippen molar-refractivity contribution in [3.8, 4) is 0 Å². The molecule has 1 heterocycles. The zero-order chi connectivity index (χ0) is 11.8. The van der Waals surface area contributed by atoms with Crippen molar-refractivity contribution in [2.75, 3.05) is 6.61 Å². The Balaban J connectivity index is 1.92. The van der Waals surface area contributed by atoms with Gasteiger partial charge in [0.2, 0.25) is 0 Å². The molecule has 1 spiro atoms. The molecule has 1 saturated carbocycles. The Hall–Kier alpha value is -0.610. The largest absolute Gasteiger partial charge is 0.480 e. The zero-order valence-corrected chi connectivity index (χ0v) is 10.1. The second-order valence-corrected chi connectivity index (χ2v) is 5.65. The number of nitrogens with one attached hydrogen (secondary N) is 1. The number of ether oxygens (including phenoxy) is 1. The fraction of sp³-hybridized carbons (Fsp3) is 0.917. The number of hydrogen-bond donors (Lipinski definition) is 2. The SMILES string of the molecule is CC(C)(NC1CCOC2(CCC2)C1)C(=O)O. The number of rotatable bonds is 3. The predicted octanol–water partition coefficient (Wildman–Crippen LogP) is 1.54. The molecule has 0 aromatic heterocycles. The van der Waals surface area contributed by atoms with Gasteiger partial charge >= 0.3 is 5.97 Å². The minimum atomic E-state index is -0.840. The van der Waals surface area contributed by atoms with Crippen LogP contribution in [0.25, 0.3) is 0 Å². The summed E-state index contributed by atoms with van der Waals surface area (Å²) in [5.74, 6) is -0.790. The maximum atomic E-state index is 11.0. The molecule has 0 aromatic carbocycles. The van der Waals surface area contributed by atoms with Crippen molar-refractivity contribution in [1.82, 2.24) is 5.32 Å². The smallest absolute Gasteiger partial charge is 0.323 e. The molecule has 1 unspecified atom stereocenters. The van der Waals surface area contributed by atoms with E-state index in [-0.39, 0.29) is 11.6 Å². The molecule has 0 amide bonds. The van der Waals surface area contributed by atoms with Crippen molar-refractivity contribution in [3.05, 3.63) is 0 Å². The fourth-order valence-electron chi connectivity index (χ4n) is 2.64. The van der Waals surface area contributed by atoms with Crippen molar-refractivity contribution in [3.63, 3.8) is 0 Å². The van der Waals surface area contributed by atoms with Gasteiger partial charge in [0.25, 0.3) is 0 Å². The number of hydrogen-bond acceptors (Lipinski definition) is 3. The first-order chi connectivity index (χ1) is 7.44. The number of carboxylic acids is 1. The number of carboxylic acid groups (broad SMARTS) is 1. The summed E-state index contributed by atoms with van der Waals surface area (Å²) in [6, 6.07) is 0.278. The highest BCUT2D eigenvalue weighted by atomic mass is 16.5. The highest BCUT2D eigenvalue weighted by Gasteiger charge is 2.44. The second-order valence-electron chi connectivity index (χ2n) is 5.65. The number of carbonyl (C=O) groups is 1. The van der Waals surface area contributed by atoms with Crippen LogP contribution >= 0.6 is 0 Å². The molecule has 4 nitrogen and oxygen atoms in total. The van der Waals surface area contributed by atoms with Crippen molar-refractivity contribution in [2.45, 2.75) is 63.1 Å². The van der Waals surface area contributed by atoms with Gasteiger partial charge in [0.1, 0.15) is 5.54 Å². The standard InChI is InChI=1S/C12H21NO3/c1-11(2,10(14)15)13-9-4-7-16-12(8-9)5-3-6-12/h9,13H,3-8H2,1-2H3,(H,14,15). The summed E-state index contributed by atoms with van der Waals surface area (Å²) in [5.41, 5.74) is -0.766. The van der Waals surface area contributed by atoms with Gasteiger partial charge in [-0.25, -0.2) is 0 Å². The molecule has 2 rings (SSSR count). The monoisotopic (exact) mass is 227 g/mol. The third-order valence-corrected chi connectivity index (χ3v) is 3.86. The van der Waals surface area contributed by atoms with Crippen LogP contribution in [0, 0.1) is 0 Å². The normalized spacial score (nSPS) is 28.8. The lowest BCUT2D eigenvalue weighted by Crippen LogP contribution is -2.57. The third kappa shape index (κ3) is 2.23. The summed E-state index contributed by atoms with van der Waals surface area (Å²) in [5, 5.41) is 12.3. The summed E-state index contributed by atoms with van der Waals surface area (Å²) < 4.78 is 5.82. The Kier molecular flexibility index (Phi) is 2.97. The van der Waals surface area contributed by atoms with E-state index >= 15 is 0 Å². The zero-order valence-electron chi connectivity index (χ0n) is 10.1. The van der Waals surface area contributed by atoms with E-state index in [1.807, 2.05) is 0 Å². The summed E-state index contributed by atoms with van der Waals surface area (Å²) in [6.45, 7) is 4.20. The van der Waals surface area contributed by atoms with E-state index in [2.05, 4.69) is 5.32 Å². The molecule has 1 saturated heterocycles. The average molecular weight is 227 g/mol. The fourth-order valence-corrected chi connectivity index (χ4v) is 2.64. The first-order valence-electron chi connectivity index (χ1n) is 6.09. The molecule has 1 aliphatic heterocycles. The van der Waals surface area contributed by atoms with Crippen LogP contribution < -0.4 is 5.32 Å². The van der Waals surface area contributed by atoms with Gasteiger partial charge in [0.15, 0.2) is 0 Å². The van der Waals surface area contributed by atoms with Crippen LogP contribution in [0.5, 0.6) is 0 Å². The molecule has 1 atom stereocenters. The van der Waals surface area contributed by atoms with Crippen LogP contribution in [0.3, 0.4) is 0 Å². The van der Waals surface area contributed by atoms with E-state index in [4.69, 9.17) is 9.84 Å². The maximum absolute atomic E-state index is 11.0. The minimum Gasteiger partial charge on any atom is -0.480 e. The lowest BCUT2D eigenvalue weighted by Gasteiger charge is -2.48. The molecule has 1 aliphatic carbocycles. The molecule has 0 aromatic rings. The summed E-state index contributed by atoms with van der Waals surface area (Å²) in [6.07, 6.45) is 5.40. The van der Waals surface area contributed by atoms with Gasteiger partial charge in [-0.15, -0.1) is 0 Å². The van der Waals surface area contributed by atoms with E-state index < -0.39 is 11.5 Å². The molecule has 4 heteroatoms. The summed E-state index contributed by atoms with van der Waals surface area (Å²) in [4.78, 5) is 11.0. The van der Waals surface area contributed by atoms with Crippen molar-refractivity contribution in [1.29, 1.82) is 0 Å². The van der Waals surface area contributed by atoms with E-state index in [9.17, 15) is 4.79 Å². The average Bonchev–Trinajstić information content (AvgIpc) is 2.15. The van der Waals surface area contributed by atoms with Crippen molar-refractivity contribution in [2.24, 2.45) is 0 Å². The first-order valence-corrected chi connectivity index (χ1v) is 6.09. The lowest BCUT2D eigenvalue weighted by molar-refractivity contribution is -0.150. The Morgan fingerprint density at radius 3 is 2.69 bits per heavy atom. The second kappa shape index (κ2) is 4.00. The van der Waals surface area contributed by atoms with Gasteiger partial charge in [0.05, 0.1) is 5.60 Å². The van der Waals surface area contributed by atoms with Crippen LogP contribution in [0.4, 0.5) is 0 Å². The molecule has 92 valence electrons. The minimum absolute atomic E-state index is 0.0739. The summed E-state index contributed by atoms with van der Waals surface area (Å²) >= 11 is 0. The van der Waals surface area contributed by atoms with Gasteiger partial charge in [-0.1, -0.05) is 0 Å². The van der Waals surface area contributed by atoms with E-state index in [1.165, 1.54) is 6.42 Å². The lowest BCUT2D eigenvalue weighted by atomic mass is 9.73. The van der Waals surface area contributed by atoms with Crippen LogP contribution in [0.1, 0.15) is 46.0 Å². The Morgan fingerprint density at radius 1 is 1.50 bits per heavy atom. The van der Waals surface area contributed by atoms with Crippen LogP contribution in [0.15, 0.2) is 0 Å². The van der Waals surface area contributed by atoms with Crippen molar-refractivity contribution < 1.29 is 14.6 Å². The van der Waals surface area contributed by atoms with Crippen molar-refractivity contribution >= 4 is 5.97 Å². The quantitative estimate of drug-likeness (QED) is 0.768. The highest BCUT2D eigenvalue weighted by molar-refractivity contribution is 5.77. The summed E-state index contributed by atoms with van der Waals surface area (Å²) in [7, 11) is 0. The van der Waals surface area contributed by atoms with Gasteiger partial charge in [0, 0.05) is 12.6 Å². The Labute approximate surface area is 96.4 Å². The van der Waals surface area contributed by atoms with Gasteiger partial charge in [-0.05, 0) is 46.0 Å². The van der Waals surface area contributed by atoms with Crippen LogP contribution in [-0.2, 0) is 9.53 Å². The maximum Gasteiger partial charge on any atom is 0.323 e. The number of aliphatic carboxylic acids is 1. The molecule has 16 heavy (non-hydrogen) atoms. The first kappa shape index (κ1) is 11.9. The van der Waals surface area contributed by atoms with E-state index in [1.54, 1.807) is 13.8 Å². The topological polar surface area (TPSA) is 58.6 Å². The molecule has 2 N–H and O–H groups in total. The predicted molar refractivity (Wildman–Crippen MR) is 60.4 cm³/mol. The molecule has 2 aliphatic rings. The Morgan fingerprint density at radius 2 is 2.19 bits per heavy atom. The third-order valence-electron chi connectivity index (χ3n) is 3.86. The van der Waals surface area contributed by atoms with Crippen LogP contribution in [0.2, 0.25) is 0 Å². The molecular weight excluding hydrogens is 206 g/mol. The molecule has 2 fully saturated rings. The van der Waals surface area contributed by atoms with Gasteiger partial charge in [-0.2, -0.15) is 0 Å². The Bertz CT molecular complexity index is 284. The highest BCUT2D eigenvalue weighted by Crippen LogP contribution is 2.42. The van der Waals surface area contributed by atoms with Gasteiger partial charge in [-0.3, -0.25) is 10.1 Å². The molecule has 0 radical (unpaired) electrons. The van der Waals surface area contributed by atoms with Gasteiger partial charge < -0.3 is 9.84 Å².